The Bertz CT molecular complexity index is 1220. The molecule has 1 atom stereocenters. The van der Waals surface area contributed by atoms with E-state index in [1.807, 2.05) is 50.4 Å². The van der Waals surface area contributed by atoms with Crippen LogP contribution in [0, 0.1) is 0 Å². The van der Waals surface area contributed by atoms with Crippen molar-refractivity contribution in [2.24, 2.45) is 10.8 Å². The fraction of sp³-hybridized carbons (Fsp3) is 0.464. The van der Waals surface area contributed by atoms with Crippen LogP contribution in [0.25, 0.3) is 5.57 Å². The number of dihydropyridines is 1. The quantitative estimate of drug-likeness (QED) is 0.371. The molecule has 2 aliphatic heterocycles. The predicted molar refractivity (Wildman–Crippen MR) is 148 cm³/mol. The van der Waals surface area contributed by atoms with Gasteiger partial charge >= 0.3 is 0 Å². The molecule has 1 aromatic carbocycles. The van der Waals surface area contributed by atoms with Gasteiger partial charge in [0.15, 0.2) is 0 Å². The van der Waals surface area contributed by atoms with E-state index in [9.17, 15) is 5.11 Å². The minimum atomic E-state index is -0.826. The molecule has 0 unspecified atom stereocenters. The highest BCUT2D eigenvalue weighted by Gasteiger charge is 2.40. The standard InChI is InChI=1S/C28H37N7O2/c1-19(22-16-21(5-6-23(22)33-29)37-28(4)8-9-28)24-17-26(32-18-31-24)35-13-11-34(12-14-35)25-15-20(7-10-30-25)27(2,3)36/h5-7,10,16-18,25,33,36H,1,8-9,11-15,29H2,2-4H3/t25-/m0/s1. The van der Waals surface area contributed by atoms with E-state index in [2.05, 4.69) is 43.7 Å². The summed E-state index contributed by atoms with van der Waals surface area (Å²) in [5, 5.41) is 10.4. The number of ether oxygens (including phenoxy) is 1. The molecule has 0 amide bonds. The van der Waals surface area contributed by atoms with E-state index in [1.54, 1.807) is 6.33 Å². The smallest absolute Gasteiger partial charge is 0.132 e. The van der Waals surface area contributed by atoms with Gasteiger partial charge < -0.3 is 20.2 Å². The van der Waals surface area contributed by atoms with Gasteiger partial charge in [0.05, 0.1) is 17.0 Å². The summed E-state index contributed by atoms with van der Waals surface area (Å²) >= 11 is 0. The van der Waals surface area contributed by atoms with Crippen LogP contribution < -0.4 is 20.9 Å². The molecule has 196 valence electrons. The summed E-state index contributed by atoms with van der Waals surface area (Å²) < 4.78 is 6.16. The van der Waals surface area contributed by atoms with E-state index in [4.69, 9.17) is 10.6 Å². The van der Waals surface area contributed by atoms with Crippen LogP contribution in [-0.2, 0) is 0 Å². The highest BCUT2D eigenvalue weighted by molar-refractivity contribution is 5.84. The monoisotopic (exact) mass is 503 g/mol. The van der Waals surface area contributed by atoms with E-state index in [0.29, 0.717) is 0 Å². The molecule has 0 spiro atoms. The maximum atomic E-state index is 10.4. The number of nitrogens with zero attached hydrogens (tertiary/aromatic N) is 5. The number of anilines is 2. The van der Waals surface area contributed by atoms with Crippen molar-refractivity contribution in [2.45, 2.75) is 57.4 Å². The summed E-state index contributed by atoms with van der Waals surface area (Å²) in [6.07, 6.45) is 8.28. The number of nitrogen functional groups attached to an aromatic ring is 1. The Balaban J connectivity index is 1.27. The van der Waals surface area contributed by atoms with Gasteiger partial charge in [-0.1, -0.05) is 6.58 Å². The maximum Gasteiger partial charge on any atom is 0.132 e. The predicted octanol–water partition coefficient (Wildman–Crippen LogP) is 3.37. The van der Waals surface area contributed by atoms with Crippen LogP contribution in [-0.4, -0.2) is 69.7 Å². The topological polar surface area (TPSA) is 112 Å². The molecule has 2 fully saturated rings. The van der Waals surface area contributed by atoms with Crippen LogP contribution in [0.15, 0.2) is 53.8 Å². The number of aliphatic hydroxyl groups is 1. The van der Waals surface area contributed by atoms with Gasteiger partial charge in [0.1, 0.15) is 29.7 Å². The van der Waals surface area contributed by atoms with Gasteiger partial charge in [0, 0.05) is 56.0 Å². The van der Waals surface area contributed by atoms with Crippen molar-refractivity contribution in [2.75, 3.05) is 36.5 Å². The summed E-state index contributed by atoms with van der Waals surface area (Å²) in [6.45, 7) is 13.5. The highest BCUT2D eigenvalue weighted by Crippen LogP contribution is 2.41. The van der Waals surface area contributed by atoms with Gasteiger partial charge in [0.2, 0.25) is 0 Å². The molecule has 9 heteroatoms. The van der Waals surface area contributed by atoms with Gasteiger partial charge in [-0.15, -0.1) is 0 Å². The maximum absolute atomic E-state index is 10.4. The van der Waals surface area contributed by atoms with Crippen LogP contribution in [0.1, 0.15) is 51.3 Å². The Morgan fingerprint density at radius 1 is 1.19 bits per heavy atom. The minimum absolute atomic E-state index is 0.0592. The fourth-order valence-electron chi connectivity index (χ4n) is 4.82. The molecule has 5 rings (SSSR count). The number of hydrogen-bond acceptors (Lipinski definition) is 9. The number of allylic oxidation sites excluding steroid dienone is 1. The first kappa shape index (κ1) is 25.4. The van der Waals surface area contributed by atoms with Gasteiger partial charge in [-0.25, -0.2) is 9.97 Å². The molecule has 9 nitrogen and oxygen atoms in total. The summed E-state index contributed by atoms with van der Waals surface area (Å²) in [5.41, 5.74) is 6.00. The van der Waals surface area contributed by atoms with Crippen molar-refractivity contribution >= 4 is 23.3 Å². The molecule has 37 heavy (non-hydrogen) atoms. The van der Waals surface area contributed by atoms with Crippen LogP contribution in [0.3, 0.4) is 0 Å². The number of aliphatic imine (C=N–C) groups is 1. The first-order valence-electron chi connectivity index (χ1n) is 12.9. The summed E-state index contributed by atoms with van der Waals surface area (Å²) in [6, 6.07) is 7.80. The minimum Gasteiger partial charge on any atom is -0.488 e. The average molecular weight is 504 g/mol. The van der Waals surface area contributed by atoms with Crippen molar-refractivity contribution in [1.82, 2.24) is 14.9 Å². The zero-order valence-electron chi connectivity index (χ0n) is 21.9. The number of piperazine rings is 1. The molecule has 0 bridgehead atoms. The van der Waals surface area contributed by atoms with E-state index in [0.717, 1.165) is 85.1 Å². The number of nitrogens with two attached hydrogens (primary N) is 1. The average Bonchev–Trinajstić information content (AvgIpc) is 3.64. The lowest BCUT2D eigenvalue weighted by molar-refractivity contribution is 0.104. The first-order chi connectivity index (χ1) is 17.6. The Morgan fingerprint density at radius 2 is 1.95 bits per heavy atom. The molecule has 1 saturated carbocycles. The van der Waals surface area contributed by atoms with Crippen LogP contribution in [0.5, 0.6) is 5.75 Å². The van der Waals surface area contributed by atoms with Crippen LogP contribution in [0.2, 0.25) is 0 Å². The second-order valence-electron chi connectivity index (χ2n) is 10.9. The zero-order chi connectivity index (χ0) is 26.2. The third-order valence-corrected chi connectivity index (χ3v) is 7.53. The van der Waals surface area contributed by atoms with E-state index in [1.165, 1.54) is 0 Å². The Labute approximate surface area is 218 Å². The first-order valence-corrected chi connectivity index (χ1v) is 12.9. The van der Waals surface area contributed by atoms with Crippen LogP contribution in [0.4, 0.5) is 11.5 Å². The lowest BCUT2D eigenvalue weighted by atomic mass is 9.92. The molecule has 4 N–H and O–H groups in total. The molecular weight excluding hydrogens is 466 g/mol. The normalized spacial score (nSPS) is 21.4. The number of hydrogen-bond donors (Lipinski definition) is 3. The fourth-order valence-corrected chi connectivity index (χ4v) is 4.82. The number of hydrazine groups is 1. The van der Waals surface area contributed by atoms with Gasteiger partial charge in [-0.3, -0.25) is 15.7 Å². The molecule has 1 aliphatic carbocycles. The van der Waals surface area contributed by atoms with E-state index >= 15 is 0 Å². The van der Waals surface area contributed by atoms with Crippen LogP contribution >= 0.6 is 0 Å². The summed E-state index contributed by atoms with van der Waals surface area (Å²) in [5.74, 6) is 7.48. The van der Waals surface area contributed by atoms with Gasteiger partial charge in [-0.05, 0) is 63.5 Å². The molecule has 0 radical (unpaired) electrons. The van der Waals surface area contributed by atoms with Crippen molar-refractivity contribution in [3.05, 3.63) is 60.1 Å². The molecular formula is C28H37N7O2. The SMILES string of the molecule is C=C(c1cc(N2CCN([C@H]3CC(C(C)(C)O)=CC=N3)CC2)ncn1)c1cc(OC2(C)CC2)ccc1NN. The molecule has 3 heterocycles. The van der Waals surface area contributed by atoms with Gasteiger partial charge in [0.25, 0.3) is 0 Å². The summed E-state index contributed by atoms with van der Waals surface area (Å²) in [7, 11) is 0. The third kappa shape index (κ3) is 5.69. The van der Waals surface area contributed by atoms with Crippen molar-refractivity contribution in [1.29, 1.82) is 0 Å². The number of benzene rings is 1. The Morgan fingerprint density at radius 3 is 2.62 bits per heavy atom. The molecule has 3 aliphatic rings. The summed E-state index contributed by atoms with van der Waals surface area (Å²) in [4.78, 5) is 18.4. The third-order valence-electron chi connectivity index (χ3n) is 7.53. The van der Waals surface area contributed by atoms with Crippen molar-refractivity contribution < 1.29 is 9.84 Å². The number of rotatable bonds is 8. The zero-order valence-corrected chi connectivity index (χ0v) is 21.9. The Hall–Kier alpha value is -3.27. The lowest BCUT2D eigenvalue weighted by Crippen LogP contribution is -2.51. The molecule has 1 aromatic heterocycles. The van der Waals surface area contributed by atoms with Gasteiger partial charge in [-0.2, -0.15) is 0 Å². The second-order valence-corrected chi connectivity index (χ2v) is 10.9. The Kier molecular flexibility index (Phi) is 6.78. The van der Waals surface area contributed by atoms with Crippen molar-refractivity contribution in [3.63, 3.8) is 0 Å². The molecule has 1 saturated heterocycles. The van der Waals surface area contributed by atoms with Crippen molar-refractivity contribution in [3.8, 4) is 5.75 Å². The molecule has 2 aromatic rings. The second kappa shape index (κ2) is 9.89. The van der Waals surface area contributed by atoms with E-state index in [-0.39, 0.29) is 11.8 Å². The largest absolute Gasteiger partial charge is 0.488 e. The highest BCUT2D eigenvalue weighted by atomic mass is 16.5. The lowest BCUT2D eigenvalue weighted by Gasteiger charge is -2.40. The van der Waals surface area contributed by atoms with E-state index < -0.39 is 5.60 Å². The number of aromatic nitrogens is 2. The number of nitrogens with one attached hydrogen (secondary N) is 1.